The van der Waals surface area contributed by atoms with Crippen LogP contribution in [0.2, 0.25) is 0 Å². The van der Waals surface area contributed by atoms with Crippen molar-refractivity contribution in [1.82, 2.24) is 0 Å². The molecule has 0 spiro atoms. The number of rotatable bonds is 3. The Morgan fingerprint density at radius 3 is 2.25 bits per heavy atom. The summed E-state index contributed by atoms with van der Waals surface area (Å²) in [5, 5.41) is 11.4. The van der Waals surface area contributed by atoms with Crippen molar-refractivity contribution in [1.29, 1.82) is 0 Å². The van der Waals surface area contributed by atoms with E-state index < -0.39 is 0 Å². The average molecular weight is 115 g/mol. The molecule has 0 aliphatic rings. The normalized spacial score (nSPS) is 12.0. The third kappa shape index (κ3) is 2.61. The summed E-state index contributed by atoms with van der Waals surface area (Å²) in [5.41, 5.74) is 0.896. The van der Waals surface area contributed by atoms with Gasteiger partial charge in [-0.05, 0) is 12.8 Å². The Labute approximate surface area is 50.2 Å². The van der Waals surface area contributed by atoms with E-state index in [-0.39, 0.29) is 0 Å². The summed E-state index contributed by atoms with van der Waals surface area (Å²) < 4.78 is 0. The first-order valence-corrected chi connectivity index (χ1v) is 3.04. The van der Waals surface area contributed by atoms with E-state index in [1.807, 2.05) is 6.92 Å². The van der Waals surface area contributed by atoms with Crippen molar-refractivity contribution in [2.75, 3.05) is 0 Å². The van der Waals surface area contributed by atoms with E-state index in [0.717, 1.165) is 25.0 Å². The zero-order valence-corrected chi connectivity index (χ0v) is 5.52. The van der Waals surface area contributed by atoms with Gasteiger partial charge in [-0.2, -0.15) is 0 Å². The van der Waals surface area contributed by atoms with Gasteiger partial charge in [0, 0.05) is 0 Å². The lowest BCUT2D eigenvalue weighted by atomic mass is 10.2. The maximum atomic E-state index is 8.25. The minimum Gasteiger partial charge on any atom is -0.411 e. The predicted octanol–water partition coefficient (Wildman–Crippen LogP) is 2.03. The minimum absolute atomic E-state index is 0.865. The first-order valence-electron chi connectivity index (χ1n) is 3.04. The molecule has 0 heterocycles. The van der Waals surface area contributed by atoms with Gasteiger partial charge in [0.05, 0.1) is 5.71 Å². The molecule has 0 rings (SSSR count). The molecule has 2 nitrogen and oxygen atoms in total. The van der Waals surface area contributed by atoms with Crippen molar-refractivity contribution in [3.63, 3.8) is 0 Å². The molecule has 2 heteroatoms. The highest BCUT2D eigenvalue weighted by Crippen LogP contribution is 1.94. The standard InChI is InChI=1S/C6H13NO/c1-3-5-6(4-2)7-8/h8H,3-5H2,1-2H3/b7-6-. The van der Waals surface area contributed by atoms with Crippen LogP contribution in [0.15, 0.2) is 5.16 Å². The van der Waals surface area contributed by atoms with Crippen LogP contribution in [-0.2, 0) is 0 Å². The first kappa shape index (κ1) is 7.47. The van der Waals surface area contributed by atoms with Crippen molar-refractivity contribution in [2.24, 2.45) is 5.16 Å². The maximum Gasteiger partial charge on any atom is 0.0568 e. The maximum absolute atomic E-state index is 8.25. The molecule has 0 saturated heterocycles. The van der Waals surface area contributed by atoms with Crippen molar-refractivity contribution in [3.05, 3.63) is 0 Å². The average Bonchev–Trinajstić information content (AvgIpc) is 1.83. The predicted molar refractivity (Wildman–Crippen MR) is 34.4 cm³/mol. The van der Waals surface area contributed by atoms with E-state index in [0.29, 0.717) is 0 Å². The molecule has 0 unspecified atom stereocenters. The lowest BCUT2D eigenvalue weighted by molar-refractivity contribution is 0.316. The van der Waals surface area contributed by atoms with Crippen LogP contribution in [0, 0.1) is 0 Å². The Kier molecular flexibility index (Phi) is 4.32. The van der Waals surface area contributed by atoms with Crippen molar-refractivity contribution >= 4 is 5.71 Å². The molecule has 0 aromatic carbocycles. The van der Waals surface area contributed by atoms with Crippen LogP contribution < -0.4 is 0 Å². The molecule has 0 bridgehead atoms. The fourth-order valence-electron chi connectivity index (χ4n) is 0.586. The van der Waals surface area contributed by atoms with E-state index in [1.54, 1.807) is 0 Å². The van der Waals surface area contributed by atoms with Gasteiger partial charge in [0.15, 0.2) is 0 Å². The van der Waals surface area contributed by atoms with Gasteiger partial charge in [-0.1, -0.05) is 25.4 Å². The van der Waals surface area contributed by atoms with Gasteiger partial charge in [-0.15, -0.1) is 0 Å². The second-order valence-electron chi connectivity index (χ2n) is 1.77. The van der Waals surface area contributed by atoms with E-state index in [2.05, 4.69) is 12.1 Å². The fourth-order valence-corrected chi connectivity index (χ4v) is 0.586. The summed E-state index contributed by atoms with van der Waals surface area (Å²) in [6.45, 7) is 4.06. The molecule has 0 atom stereocenters. The Bertz CT molecular complexity index is 78.6. The molecule has 0 aliphatic carbocycles. The van der Waals surface area contributed by atoms with Crippen molar-refractivity contribution in [3.8, 4) is 0 Å². The Balaban J connectivity index is 3.38. The zero-order valence-electron chi connectivity index (χ0n) is 5.52. The minimum atomic E-state index is 0.865. The Hall–Kier alpha value is -0.530. The Morgan fingerprint density at radius 2 is 2.12 bits per heavy atom. The third-order valence-electron chi connectivity index (χ3n) is 1.09. The van der Waals surface area contributed by atoms with Crippen LogP contribution in [0.25, 0.3) is 0 Å². The number of hydrogen-bond acceptors (Lipinski definition) is 2. The Morgan fingerprint density at radius 1 is 1.50 bits per heavy atom. The van der Waals surface area contributed by atoms with Crippen molar-refractivity contribution in [2.45, 2.75) is 33.1 Å². The van der Waals surface area contributed by atoms with E-state index >= 15 is 0 Å². The lowest BCUT2D eigenvalue weighted by Gasteiger charge is -1.93. The van der Waals surface area contributed by atoms with Crippen LogP contribution in [0.3, 0.4) is 0 Å². The molecule has 0 amide bonds. The summed E-state index contributed by atoms with van der Waals surface area (Å²) in [6, 6.07) is 0. The van der Waals surface area contributed by atoms with E-state index in [4.69, 9.17) is 5.21 Å². The molecule has 0 aromatic heterocycles. The second-order valence-corrected chi connectivity index (χ2v) is 1.77. The largest absolute Gasteiger partial charge is 0.411 e. The molecule has 8 heavy (non-hydrogen) atoms. The molecule has 1 N–H and O–H groups in total. The SMILES string of the molecule is CCC/C(CC)=N\O. The smallest absolute Gasteiger partial charge is 0.0568 e. The monoisotopic (exact) mass is 115 g/mol. The van der Waals surface area contributed by atoms with Gasteiger partial charge in [0.25, 0.3) is 0 Å². The molecule has 0 saturated carbocycles. The molecule has 0 fully saturated rings. The summed E-state index contributed by atoms with van der Waals surface area (Å²) in [6.07, 6.45) is 2.85. The van der Waals surface area contributed by atoms with Gasteiger partial charge in [-0.3, -0.25) is 0 Å². The number of oxime groups is 1. The summed E-state index contributed by atoms with van der Waals surface area (Å²) in [4.78, 5) is 0. The van der Waals surface area contributed by atoms with Gasteiger partial charge in [0.2, 0.25) is 0 Å². The molecule has 48 valence electrons. The van der Waals surface area contributed by atoms with Crippen LogP contribution >= 0.6 is 0 Å². The van der Waals surface area contributed by atoms with Gasteiger partial charge in [0.1, 0.15) is 0 Å². The molecule has 0 aromatic rings. The number of hydrogen-bond donors (Lipinski definition) is 1. The van der Waals surface area contributed by atoms with Crippen LogP contribution in [0.5, 0.6) is 0 Å². The van der Waals surface area contributed by atoms with Gasteiger partial charge in [-0.25, -0.2) is 0 Å². The van der Waals surface area contributed by atoms with Crippen molar-refractivity contribution < 1.29 is 5.21 Å². The lowest BCUT2D eigenvalue weighted by Crippen LogP contribution is -1.93. The van der Waals surface area contributed by atoms with Crippen LogP contribution in [0.1, 0.15) is 33.1 Å². The van der Waals surface area contributed by atoms with Crippen LogP contribution in [-0.4, -0.2) is 10.9 Å². The zero-order chi connectivity index (χ0) is 6.41. The number of nitrogens with zero attached hydrogens (tertiary/aromatic N) is 1. The van der Waals surface area contributed by atoms with Crippen LogP contribution in [0.4, 0.5) is 0 Å². The molecular formula is C6H13NO. The third-order valence-corrected chi connectivity index (χ3v) is 1.09. The first-order chi connectivity index (χ1) is 3.85. The topological polar surface area (TPSA) is 32.6 Å². The second kappa shape index (κ2) is 4.62. The van der Waals surface area contributed by atoms with E-state index in [9.17, 15) is 0 Å². The molecule has 0 aliphatic heterocycles. The molecule has 0 radical (unpaired) electrons. The molecular weight excluding hydrogens is 102 g/mol. The fraction of sp³-hybridized carbons (Fsp3) is 0.833. The van der Waals surface area contributed by atoms with Gasteiger partial charge >= 0.3 is 0 Å². The highest BCUT2D eigenvalue weighted by atomic mass is 16.4. The highest BCUT2D eigenvalue weighted by molar-refractivity contribution is 5.83. The summed E-state index contributed by atoms with van der Waals surface area (Å²) >= 11 is 0. The quantitative estimate of drug-likeness (QED) is 0.340. The summed E-state index contributed by atoms with van der Waals surface area (Å²) in [7, 11) is 0. The highest BCUT2D eigenvalue weighted by Gasteiger charge is 1.91. The van der Waals surface area contributed by atoms with E-state index in [1.165, 1.54) is 0 Å². The van der Waals surface area contributed by atoms with Gasteiger partial charge < -0.3 is 5.21 Å². The summed E-state index contributed by atoms with van der Waals surface area (Å²) in [5.74, 6) is 0.